The molecular weight excluding hydrogens is 294 g/mol. The van der Waals surface area contributed by atoms with Gasteiger partial charge in [0.05, 0.1) is 12.1 Å². The third-order valence-electron chi connectivity index (χ3n) is 4.64. The Morgan fingerprint density at radius 1 is 1.41 bits per heavy atom. The smallest absolute Gasteiger partial charge is 0.220 e. The van der Waals surface area contributed by atoms with Crippen molar-refractivity contribution in [2.24, 2.45) is 5.92 Å². The van der Waals surface area contributed by atoms with Gasteiger partial charge < -0.3 is 10.4 Å². The minimum atomic E-state index is -0.424. The first kappa shape index (κ1) is 15.5. The third-order valence-corrected chi connectivity index (χ3v) is 5.66. The molecule has 0 spiro atoms. The fourth-order valence-electron chi connectivity index (χ4n) is 3.04. The molecule has 22 heavy (non-hydrogen) atoms. The molecule has 1 unspecified atom stereocenters. The van der Waals surface area contributed by atoms with E-state index in [0.717, 1.165) is 25.7 Å². The molecule has 1 aliphatic carbocycles. The number of fused-ring (bicyclic) bond motifs is 1. The van der Waals surface area contributed by atoms with Crippen molar-refractivity contribution in [1.29, 1.82) is 0 Å². The Kier molecular flexibility index (Phi) is 4.50. The molecule has 3 rings (SSSR count). The summed E-state index contributed by atoms with van der Waals surface area (Å²) in [7, 11) is 0. The molecule has 0 bridgehead atoms. The van der Waals surface area contributed by atoms with Gasteiger partial charge in [-0.15, -0.1) is 11.3 Å². The molecule has 0 saturated heterocycles. The van der Waals surface area contributed by atoms with E-state index < -0.39 is 5.54 Å². The van der Waals surface area contributed by atoms with Crippen LogP contribution in [0.25, 0.3) is 10.1 Å². The van der Waals surface area contributed by atoms with E-state index in [-0.39, 0.29) is 12.5 Å². The molecular formula is C18H23NO2S. The Labute approximate surface area is 135 Å². The van der Waals surface area contributed by atoms with E-state index in [0.29, 0.717) is 12.3 Å². The van der Waals surface area contributed by atoms with E-state index in [1.807, 2.05) is 6.92 Å². The van der Waals surface area contributed by atoms with Crippen LogP contribution in [0.4, 0.5) is 0 Å². The van der Waals surface area contributed by atoms with Gasteiger partial charge in [0.25, 0.3) is 0 Å². The van der Waals surface area contributed by atoms with Crippen molar-refractivity contribution >= 4 is 27.3 Å². The maximum Gasteiger partial charge on any atom is 0.220 e. The second-order valence-corrected chi connectivity index (χ2v) is 7.42. The van der Waals surface area contributed by atoms with E-state index in [1.165, 1.54) is 15.6 Å². The van der Waals surface area contributed by atoms with Crippen LogP contribution in [0.15, 0.2) is 29.6 Å². The van der Waals surface area contributed by atoms with E-state index in [4.69, 9.17) is 0 Å². The number of carbonyl (C=O) groups excluding carboxylic acids is 1. The fraction of sp³-hybridized carbons (Fsp3) is 0.500. The van der Waals surface area contributed by atoms with Crippen molar-refractivity contribution in [3.05, 3.63) is 35.2 Å². The second-order valence-electron chi connectivity index (χ2n) is 6.51. The van der Waals surface area contributed by atoms with E-state index in [1.54, 1.807) is 11.3 Å². The number of hydrogen-bond acceptors (Lipinski definition) is 3. The molecule has 2 aromatic rings. The topological polar surface area (TPSA) is 49.3 Å². The van der Waals surface area contributed by atoms with Gasteiger partial charge in [0.1, 0.15) is 0 Å². The van der Waals surface area contributed by atoms with Crippen molar-refractivity contribution < 1.29 is 9.90 Å². The Morgan fingerprint density at radius 3 is 2.91 bits per heavy atom. The van der Waals surface area contributed by atoms with Crippen molar-refractivity contribution in [3.8, 4) is 0 Å². The minimum absolute atomic E-state index is 0.0264. The first-order chi connectivity index (χ1) is 10.6. The van der Waals surface area contributed by atoms with Crippen LogP contribution in [-0.2, 0) is 11.2 Å². The molecule has 1 amide bonds. The van der Waals surface area contributed by atoms with Crippen molar-refractivity contribution in [1.82, 2.24) is 5.32 Å². The molecule has 1 aromatic heterocycles. The quantitative estimate of drug-likeness (QED) is 0.821. The predicted molar refractivity (Wildman–Crippen MR) is 91.1 cm³/mol. The normalized spacial score (nSPS) is 17.4. The van der Waals surface area contributed by atoms with Crippen molar-refractivity contribution in [2.45, 2.75) is 44.6 Å². The van der Waals surface area contributed by atoms with Crippen LogP contribution in [0.1, 0.15) is 38.2 Å². The van der Waals surface area contributed by atoms with Crippen LogP contribution in [-0.4, -0.2) is 23.2 Å². The molecule has 1 atom stereocenters. The van der Waals surface area contributed by atoms with Gasteiger partial charge in [-0.3, -0.25) is 4.79 Å². The number of rotatable bonds is 7. The monoisotopic (exact) mass is 317 g/mol. The number of carbonyl (C=O) groups is 1. The van der Waals surface area contributed by atoms with Gasteiger partial charge in [-0.1, -0.05) is 18.2 Å². The summed E-state index contributed by atoms with van der Waals surface area (Å²) in [4.78, 5) is 12.1. The summed E-state index contributed by atoms with van der Waals surface area (Å²) in [5.74, 6) is 0.505. The number of benzene rings is 1. The van der Waals surface area contributed by atoms with E-state index in [2.05, 4.69) is 35.0 Å². The predicted octanol–water partition coefficient (Wildman–Crippen LogP) is 3.50. The SMILES string of the molecule is CC(CO)(NC(=O)CCCc1csc2ccccc12)C1CC1. The highest BCUT2D eigenvalue weighted by Gasteiger charge is 2.41. The summed E-state index contributed by atoms with van der Waals surface area (Å²) >= 11 is 1.76. The number of hydrogen-bond donors (Lipinski definition) is 2. The van der Waals surface area contributed by atoms with Gasteiger partial charge in [-0.2, -0.15) is 0 Å². The minimum Gasteiger partial charge on any atom is -0.394 e. The zero-order valence-electron chi connectivity index (χ0n) is 13.0. The number of nitrogens with one attached hydrogen (secondary N) is 1. The summed E-state index contributed by atoms with van der Waals surface area (Å²) < 4.78 is 1.31. The summed E-state index contributed by atoms with van der Waals surface area (Å²) in [6.45, 7) is 1.98. The molecule has 3 nitrogen and oxygen atoms in total. The fourth-order valence-corrected chi connectivity index (χ4v) is 4.04. The summed E-state index contributed by atoms with van der Waals surface area (Å²) in [5, 5.41) is 16.1. The highest BCUT2D eigenvalue weighted by Crippen LogP contribution is 2.39. The lowest BCUT2D eigenvalue weighted by Gasteiger charge is -2.28. The Balaban J connectivity index is 1.51. The van der Waals surface area contributed by atoms with Gasteiger partial charge in [0.15, 0.2) is 0 Å². The van der Waals surface area contributed by atoms with E-state index >= 15 is 0 Å². The van der Waals surface area contributed by atoms with Crippen molar-refractivity contribution in [2.75, 3.05) is 6.61 Å². The average molecular weight is 317 g/mol. The Bertz CT molecular complexity index is 662. The first-order valence-electron chi connectivity index (χ1n) is 7.99. The molecule has 118 valence electrons. The van der Waals surface area contributed by atoms with Crippen LogP contribution < -0.4 is 5.32 Å². The lowest BCUT2D eigenvalue weighted by molar-refractivity contribution is -0.123. The van der Waals surface area contributed by atoms with Gasteiger partial charge >= 0.3 is 0 Å². The molecule has 1 saturated carbocycles. The first-order valence-corrected chi connectivity index (χ1v) is 8.87. The van der Waals surface area contributed by atoms with Crippen LogP contribution >= 0.6 is 11.3 Å². The van der Waals surface area contributed by atoms with Crippen LogP contribution in [0.3, 0.4) is 0 Å². The molecule has 1 heterocycles. The lowest BCUT2D eigenvalue weighted by atomic mass is 9.96. The Morgan fingerprint density at radius 2 is 2.18 bits per heavy atom. The number of aliphatic hydroxyl groups is 1. The van der Waals surface area contributed by atoms with Crippen LogP contribution in [0, 0.1) is 5.92 Å². The van der Waals surface area contributed by atoms with Crippen LogP contribution in [0.5, 0.6) is 0 Å². The maximum absolute atomic E-state index is 12.1. The Hall–Kier alpha value is -1.39. The van der Waals surface area contributed by atoms with Gasteiger partial charge in [0.2, 0.25) is 5.91 Å². The lowest BCUT2D eigenvalue weighted by Crippen LogP contribution is -2.50. The van der Waals surface area contributed by atoms with Crippen LogP contribution in [0.2, 0.25) is 0 Å². The van der Waals surface area contributed by atoms with Gasteiger partial charge in [0, 0.05) is 11.1 Å². The number of thiophene rings is 1. The number of amides is 1. The molecule has 4 heteroatoms. The maximum atomic E-state index is 12.1. The third kappa shape index (κ3) is 3.33. The molecule has 2 N–H and O–H groups in total. The number of aliphatic hydroxyl groups excluding tert-OH is 1. The molecule has 0 aliphatic heterocycles. The van der Waals surface area contributed by atoms with Gasteiger partial charge in [-0.25, -0.2) is 0 Å². The summed E-state index contributed by atoms with van der Waals surface area (Å²) in [6.07, 6.45) is 4.51. The second kappa shape index (κ2) is 6.39. The zero-order chi connectivity index (χ0) is 15.6. The highest BCUT2D eigenvalue weighted by molar-refractivity contribution is 7.17. The standard InChI is InChI=1S/C18H23NO2S/c1-18(12-20,14-9-10-14)19-17(21)8-4-5-13-11-22-16-7-3-2-6-15(13)16/h2-3,6-7,11,14,20H,4-5,8-10,12H2,1H3,(H,19,21). The van der Waals surface area contributed by atoms with E-state index in [9.17, 15) is 9.90 Å². The molecule has 0 radical (unpaired) electrons. The van der Waals surface area contributed by atoms with Gasteiger partial charge in [-0.05, 0) is 60.9 Å². The van der Waals surface area contributed by atoms with Crippen molar-refractivity contribution in [3.63, 3.8) is 0 Å². The highest BCUT2D eigenvalue weighted by atomic mass is 32.1. The largest absolute Gasteiger partial charge is 0.394 e. The molecule has 1 aromatic carbocycles. The molecule has 1 fully saturated rings. The average Bonchev–Trinajstić information content (AvgIpc) is 3.30. The molecule has 1 aliphatic rings. The number of aryl methyl sites for hydroxylation is 1. The summed E-state index contributed by atoms with van der Waals surface area (Å²) in [5.41, 5.74) is 0.909. The summed E-state index contributed by atoms with van der Waals surface area (Å²) in [6, 6.07) is 8.41. The zero-order valence-corrected chi connectivity index (χ0v) is 13.8.